The van der Waals surface area contributed by atoms with Crippen LogP contribution in [0.3, 0.4) is 0 Å². The molecule has 0 aromatic heterocycles. The van der Waals surface area contributed by atoms with Gasteiger partial charge in [0.15, 0.2) is 23.6 Å². The van der Waals surface area contributed by atoms with Crippen LogP contribution in [-0.4, -0.2) is 63.8 Å². The molecule has 0 spiro atoms. The van der Waals surface area contributed by atoms with Crippen LogP contribution in [0.15, 0.2) is 120 Å². The summed E-state index contributed by atoms with van der Waals surface area (Å²) in [6.45, 7) is 11.6. The van der Waals surface area contributed by atoms with Crippen LogP contribution in [0.25, 0.3) is 0 Å². The SMILES string of the molecule is C=CCON1C(c2ccccc2O)=NC(c2ccccc2O)=NC1C1=CCC(OCC=C)(OCC=C)C=C1O. The molecular weight excluding hydrogens is 498 g/mol. The number of ether oxygens (including phenoxy) is 2. The van der Waals surface area contributed by atoms with Crippen LogP contribution in [0.5, 0.6) is 11.5 Å². The first kappa shape index (κ1) is 27.6. The Kier molecular flexibility index (Phi) is 8.77. The third kappa shape index (κ3) is 6.01. The molecule has 0 fully saturated rings. The van der Waals surface area contributed by atoms with E-state index in [9.17, 15) is 15.3 Å². The van der Waals surface area contributed by atoms with E-state index in [-0.39, 0.29) is 55.2 Å². The number of benzene rings is 2. The molecule has 9 nitrogen and oxygen atoms in total. The molecule has 0 bridgehead atoms. The number of aromatic hydroxyl groups is 2. The van der Waals surface area contributed by atoms with Crippen molar-refractivity contribution in [3.63, 3.8) is 0 Å². The van der Waals surface area contributed by atoms with E-state index < -0.39 is 12.0 Å². The summed E-state index contributed by atoms with van der Waals surface area (Å²) in [5.41, 5.74) is 1.12. The number of phenols is 2. The lowest BCUT2D eigenvalue weighted by Crippen LogP contribution is -2.46. The predicted molar refractivity (Wildman–Crippen MR) is 150 cm³/mol. The summed E-state index contributed by atoms with van der Waals surface area (Å²) < 4.78 is 11.8. The lowest BCUT2D eigenvalue weighted by atomic mass is 9.96. The van der Waals surface area contributed by atoms with Crippen LogP contribution in [0.2, 0.25) is 0 Å². The van der Waals surface area contributed by atoms with Gasteiger partial charge in [-0.05, 0) is 24.3 Å². The molecule has 0 amide bonds. The van der Waals surface area contributed by atoms with Gasteiger partial charge < -0.3 is 24.8 Å². The van der Waals surface area contributed by atoms with Gasteiger partial charge in [-0.1, -0.05) is 48.6 Å². The third-order valence-electron chi connectivity index (χ3n) is 5.94. The third-order valence-corrected chi connectivity index (χ3v) is 5.94. The van der Waals surface area contributed by atoms with E-state index in [1.165, 1.54) is 23.3 Å². The number of amidine groups is 2. The van der Waals surface area contributed by atoms with Crippen molar-refractivity contribution < 1.29 is 29.6 Å². The second kappa shape index (κ2) is 12.4. The van der Waals surface area contributed by atoms with Gasteiger partial charge in [-0.25, -0.2) is 15.0 Å². The lowest BCUT2D eigenvalue weighted by molar-refractivity contribution is -0.191. The first-order valence-corrected chi connectivity index (χ1v) is 12.3. The van der Waals surface area contributed by atoms with Crippen LogP contribution in [0, 0.1) is 0 Å². The van der Waals surface area contributed by atoms with E-state index in [4.69, 9.17) is 19.3 Å². The number of rotatable bonds is 12. The average Bonchev–Trinajstić information content (AvgIpc) is 2.94. The lowest BCUT2D eigenvalue weighted by Gasteiger charge is -2.38. The number of phenolic OH excluding ortho intramolecular Hbond substituents is 2. The molecule has 9 heteroatoms. The summed E-state index contributed by atoms with van der Waals surface area (Å²) in [5, 5.41) is 34.0. The zero-order valence-electron chi connectivity index (χ0n) is 21.4. The van der Waals surface area contributed by atoms with E-state index >= 15 is 0 Å². The maximum absolute atomic E-state index is 11.3. The number of hydrogen-bond donors (Lipinski definition) is 3. The van der Waals surface area contributed by atoms with Crippen molar-refractivity contribution in [2.45, 2.75) is 18.4 Å². The molecule has 2 aliphatic rings. The standard InChI is InChI=1S/C30H31N3O6/c1-4-17-37-30(38-18-5-2)16-15-23(26(36)20-30)29-32-27(21-11-7-9-13-24(21)34)31-28(33(29)39-19-6-3)22-12-8-10-14-25(22)35/h4-15,20,29,34-36H,1-3,16-19H2. The van der Waals surface area contributed by atoms with Crippen molar-refractivity contribution in [1.29, 1.82) is 0 Å². The molecule has 39 heavy (non-hydrogen) atoms. The molecule has 1 atom stereocenters. The Labute approximate surface area is 227 Å². The highest BCUT2D eigenvalue weighted by Crippen LogP contribution is 2.36. The molecule has 0 radical (unpaired) electrons. The second-order valence-corrected chi connectivity index (χ2v) is 8.61. The van der Waals surface area contributed by atoms with E-state index in [1.807, 2.05) is 0 Å². The molecule has 2 aromatic carbocycles. The van der Waals surface area contributed by atoms with Crippen molar-refractivity contribution in [1.82, 2.24) is 5.06 Å². The summed E-state index contributed by atoms with van der Waals surface area (Å²) in [6.07, 6.45) is 7.24. The van der Waals surface area contributed by atoms with Gasteiger partial charge in [-0.3, -0.25) is 4.84 Å². The van der Waals surface area contributed by atoms with E-state index in [1.54, 1.807) is 60.7 Å². The Bertz CT molecular complexity index is 1350. The molecule has 0 saturated carbocycles. The van der Waals surface area contributed by atoms with Crippen LogP contribution in [-0.2, 0) is 14.3 Å². The molecule has 4 rings (SSSR count). The monoisotopic (exact) mass is 529 g/mol. The zero-order valence-corrected chi connectivity index (χ0v) is 21.4. The molecule has 0 saturated heterocycles. The Hall–Kier alpha value is -4.44. The van der Waals surface area contributed by atoms with E-state index in [0.29, 0.717) is 16.7 Å². The fraction of sp³-hybridized carbons (Fsp3) is 0.200. The molecule has 202 valence electrons. The van der Waals surface area contributed by atoms with Gasteiger partial charge >= 0.3 is 0 Å². The zero-order chi connectivity index (χ0) is 27.8. The van der Waals surface area contributed by atoms with Crippen LogP contribution >= 0.6 is 0 Å². The Morgan fingerprint density at radius 3 is 2.03 bits per heavy atom. The number of hydrogen-bond acceptors (Lipinski definition) is 9. The smallest absolute Gasteiger partial charge is 0.195 e. The quantitative estimate of drug-likeness (QED) is 0.264. The summed E-state index contributed by atoms with van der Waals surface area (Å²) in [4.78, 5) is 15.4. The fourth-order valence-electron chi connectivity index (χ4n) is 4.15. The Morgan fingerprint density at radius 2 is 1.46 bits per heavy atom. The first-order chi connectivity index (χ1) is 18.9. The molecule has 2 aromatic rings. The van der Waals surface area contributed by atoms with Gasteiger partial charge in [-0.15, -0.1) is 19.7 Å². The molecule has 1 aliphatic carbocycles. The average molecular weight is 530 g/mol. The Morgan fingerprint density at radius 1 is 0.872 bits per heavy atom. The van der Waals surface area contributed by atoms with Crippen LogP contribution in [0.1, 0.15) is 17.5 Å². The predicted octanol–water partition coefficient (Wildman–Crippen LogP) is 4.92. The van der Waals surface area contributed by atoms with Crippen molar-refractivity contribution in [2.75, 3.05) is 19.8 Å². The minimum atomic E-state index is -1.24. The van der Waals surface area contributed by atoms with Crippen LogP contribution < -0.4 is 0 Å². The molecule has 1 unspecified atom stereocenters. The first-order valence-electron chi connectivity index (χ1n) is 12.3. The molecule has 1 heterocycles. The number of nitrogens with zero attached hydrogens (tertiary/aromatic N) is 3. The maximum Gasteiger partial charge on any atom is 0.195 e. The van der Waals surface area contributed by atoms with Gasteiger partial charge in [0.25, 0.3) is 0 Å². The largest absolute Gasteiger partial charge is 0.508 e. The highest BCUT2D eigenvalue weighted by atomic mass is 16.7. The van der Waals surface area contributed by atoms with Gasteiger partial charge in [0.05, 0.1) is 30.9 Å². The number of para-hydroxylation sites is 2. The molecule has 1 aliphatic heterocycles. The highest BCUT2D eigenvalue weighted by molar-refractivity contribution is 6.14. The minimum Gasteiger partial charge on any atom is -0.508 e. The van der Waals surface area contributed by atoms with Gasteiger partial charge in [-0.2, -0.15) is 0 Å². The van der Waals surface area contributed by atoms with Crippen LogP contribution in [0.4, 0.5) is 0 Å². The summed E-state index contributed by atoms with van der Waals surface area (Å²) in [7, 11) is 0. The van der Waals surface area contributed by atoms with E-state index in [2.05, 4.69) is 24.7 Å². The minimum absolute atomic E-state index is 0.0251. The maximum atomic E-state index is 11.3. The van der Waals surface area contributed by atoms with Crippen molar-refractivity contribution in [2.24, 2.45) is 9.98 Å². The Balaban J connectivity index is 1.84. The van der Waals surface area contributed by atoms with Gasteiger partial charge in [0.1, 0.15) is 17.3 Å². The number of aliphatic hydroxyl groups is 1. The van der Waals surface area contributed by atoms with Crippen molar-refractivity contribution in [3.8, 4) is 11.5 Å². The van der Waals surface area contributed by atoms with E-state index in [0.717, 1.165) is 0 Å². The summed E-state index contributed by atoms with van der Waals surface area (Å²) in [6, 6.07) is 13.3. The number of aliphatic hydroxyl groups excluding tert-OH is 1. The molecular formula is C30H31N3O6. The fourth-order valence-corrected chi connectivity index (χ4v) is 4.15. The summed E-state index contributed by atoms with van der Waals surface area (Å²) in [5.74, 6) is -1.03. The van der Waals surface area contributed by atoms with Crippen molar-refractivity contribution in [3.05, 3.63) is 121 Å². The van der Waals surface area contributed by atoms with Gasteiger partial charge in [0.2, 0.25) is 0 Å². The normalized spacial score (nSPS) is 18.4. The van der Waals surface area contributed by atoms with Crippen molar-refractivity contribution >= 4 is 11.7 Å². The molecule has 3 N–H and O–H groups in total. The second-order valence-electron chi connectivity index (χ2n) is 8.61. The topological polar surface area (TPSA) is 116 Å². The highest BCUT2D eigenvalue weighted by Gasteiger charge is 2.40. The number of hydroxylamine groups is 2. The number of aliphatic imine (C=N–C) groups is 2. The summed E-state index contributed by atoms with van der Waals surface area (Å²) >= 11 is 0. The van der Waals surface area contributed by atoms with Gasteiger partial charge in [0, 0.05) is 18.1 Å².